The lowest BCUT2D eigenvalue weighted by molar-refractivity contribution is -0.204. The average Bonchev–Trinajstić information content (AvgIpc) is 2.67. The maximum atomic E-state index is 14.1. The Balaban J connectivity index is 2.61. The number of hydrogen-bond acceptors (Lipinski definition) is 5. The van der Waals surface area contributed by atoms with E-state index in [-0.39, 0.29) is 5.56 Å². The van der Waals surface area contributed by atoms with E-state index in [0.29, 0.717) is 12.1 Å². The lowest BCUT2D eigenvalue weighted by Gasteiger charge is -2.36. The van der Waals surface area contributed by atoms with E-state index < -0.39 is 47.7 Å². The van der Waals surface area contributed by atoms with Crippen LogP contribution in [0.25, 0.3) is 0 Å². The third-order valence-electron chi connectivity index (χ3n) is 3.79. The molecule has 0 aliphatic carbocycles. The van der Waals surface area contributed by atoms with Crippen LogP contribution in [0.5, 0.6) is 0 Å². The highest BCUT2D eigenvalue weighted by atomic mass is 19.4. The van der Waals surface area contributed by atoms with Crippen molar-refractivity contribution in [2.45, 2.75) is 24.9 Å². The molecule has 0 fully saturated rings. The Morgan fingerprint density at radius 3 is 2.23 bits per heavy atom. The first-order valence-electron chi connectivity index (χ1n) is 8.33. The largest absolute Gasteiger partial charge is 0.463 e. The molecule has 1 amide bonds. The summed E-state index contributed by atoms with van der Waals surface area (Å²) in [5.41, 5.74) is -6.92. The summed E-state index contributed by atoms with van der Waals surface area (Å²) in [7, 11) is 0. The molecule has 30 heavy (non-hydrogen) atoms. The number of rotatable bonds is 6. The molecule has 2 aromatic rings. The minimum atomic E-state index is -5.59. The Morgan fingerprint density at radius 1 is 1.03 bits per heavy atom. The Kier molecular flexibility index (Phi) is 6.58. The summed E-state index contributed by atoms with van der Waals surface area (Å²) in [5.74, 6) is -3.45. The van der Waals surface area contributed by atoms with Crippen molar-refractivity contribution in [3.63, 3.8) is 0 Å². The van der Waals surface area contributed by atoms with Gasteiger partial charge in [0.2, 0.25) is 0 Å². The first-order chi connectivity index (χ1) is 13.9. The van der Waals surface area contributed by atoms with E-state index in [9.17, 15) is 35.9 Å². The van der Waals surface area contributed by atoms with Crippen LogP contribution in [0.2, 0.25) is 0 Å². The zero-order chi connectivity index (χ0) is 22.6. The van der Waals surface area contributed by atoms with Crippen molar-refractivity contribution in [1.82, 2.24) is 10.3 Å². The van der Waals surface area contributed by atoms with E-state index in [2.05, 4.69) is 9.72 Å². The zero-order valence-corrected chi connectivity index (χ0v) is 15.3. The van der Waals surface area contributed by atoms with Crippen molar-refractivity contribution in [2.75, 3.05) is 11.9 Å². The van der Waals surface area contributed by atoms with Crippen molar-refractivity contribution in [3.05, 3.63) is 59.9 Å². The molecule has 1 aromatic carbocycles. The van der Waals surface area contributed by atoms with Gasteiger partial charge in [-0.15, -0.1) is 0 Å². The number of carbonyl (C=O) groups is 2. The minimum Gasteiger partial charge on any atom is -0.463 e. The Labute approximate surface area is 166 Å². The number of esters is 1. The highest BCUT2D eigenvalue weighted by Crippen LogP contribution is 2.39. The Hall–Kier alpha value is -3.31. The number of carbonyl (C=O) groups excluding carboxylic acids is 2. The molecule has 0 aliphatic rings. The van der Waals surface area contributed by atoms with Gasteiger partial charge in [0.1, 0.15) is 0 Å². The van der Waals surface area contributed by atoms with Crippen LogP contribution >= 0.6 is 0 Å². The molecular formula is C18H15F6N3O3. The van der Waals surface area contributed by atoms with Gasteiger partial charge in [-0.3, -0.25) is 9.78 Å². The zero-order valence-electron chi connectivity index (χ0n) is 15.3. The number of halogens is 6. The number of benzene rings is 1. The number of para-hydroxylation sites is 1. The molecule has 2 N–H and O–H groups in total. The fourth-order valence-corrected chi connectivity index (χ4v) is 2.41. The molecule has 12 heteroatoms. The second-order valence-electron chi connectivity index (χ2n) is 5.83. The highest BCUT2D eigenvalue weighted by molar-refractivity contribution is 5.99. The van der Waals surface area contributed by atoms with Gasteiger partial charge >= 0.3 is 24.0 Å². The molecule has 162 valence electrons. The number of nitrogens with one attached hydrogen (secondary N) is 2. The van der Waals surface area contributed by atoms with Crippen LogP contribution in [0, 0.1) is 0 Å². The number of hydrogen-bond donors (Lipinski definition) is 2. The van der Waals surface area contributed by atoms with Gasteiger partial charge in [-0.25, -0.2) is 4.79 Å². The summed E-state index contributed by atoms with van der Waals surface area (Å²) in [5, 5.41) is 2.96. The second-order valence-corrected chi connectivity index (χ2v) is 5.83. The maximum absolute atomic E-state index is 14.1. The van der Waals surface area contributed by atoms with Crippen LogP contribution < -0.4 is 10.6 Å². The van der Waals surface area contributed by atoms with Crippen molar-refractivity contribution in [3.8, 4) is 0 Å². The van der Waals surface area contributed by atoms with E-state index in [0.717, 1.165) is 24.4 Å². The molecule has 0 saturated heterocycles. The van der Waals surface area contributed by atoms with Gasteiger partial charge < -0.3 is 15.4 Å². The molecule has 2 rings (SSSR count). The summed E-state index contributed by atoms with van der Waals surface area (Å²) in [6, 6.07) is 5.57. The third kappa shape index (κ3) is 4.81. The quantitative estimate of drug-likeness (QED) is 0.410. The van der Waals surface area contributed by atoms with Gasteiger partial charge in [-0.2, -0.15) is 26.3 Å². The summed E-state index contributed by atoms with van der Waals surface area (Å²) in [6.45, 7) is 0.674. The van der Waals surface area contributed by atoms with E-state index in [4.69, 9.17) is 0 Å². The van der Waals surface area contributed by atoms with Crippen LogP contribution in [0.3, 0.4) is 0 Å². The van der Waals surface area contributed by atoms with Crippen molar-refractivity contribution >= 4 is 17.6 Å². The van der Waals surface area contributed by atoms with E-state index in [1.165, 1.54) is 29.8 Å². The maximum Gasteiger partial charge on any atom is 0.441 e. The number of pyridine rings is 1. The highest BCUT2D eigenvalue weighted by Gasteiger charge is 2.64. The minimum absolute atomic E-state index is 0.360. The first kappa shape index (κ1) is 23.0. The van der Waals surface area contributed by atoms with Crippen LogP contribution in [-0.4, -0.2) is 35.3 Å². The molecule has 1 atom stereocenters. The number of nitrogens with zero attached hydrogens (tertiary/aromatic N) is 1. The van der Waals surface area contributed by atoms with Crippen molar-refractivity contribution in [2.24, 2.45) is 0 Å². The topological polar surface area (TPSA) is 80.3 Å². The molecule has 6 nitrogen and oxygen atoms in total. The molecular weight excluding hydrogens is 420 g/mol. The molecule has 0 unspecified atom stereocenters. The lowest BCUT2D eigenvalue weighted by Crippen LogP contribution is -2.69. The van der Waals surface area contributed by atoms with Gasteiger partial charge in [0.15, 0.2) is 0 Å². The van der Waals surface area contributed by atoms with E-state index >= 15 is 0 Å². The second kappa shape index (κ2) is 8.59. The van der Waals surface area contributed by atoms with Gasteiger partial charge in [0.05, 0.1) is 17.7 Å². The van der Waals surface area contributed by atoms with Crippen molar-refractivity contribution in [1.29, 1.82) is 0 Å². The van der Waals surface area contributed by atoms with E-state index in [1.807, 2.05) is 0 Å². The van der Waals surface area contributed by atoms with Gasteiger partial charge in [0.25, 0.3) is 5.91 Å². The summed E-state index contributed by atoms with van der Waals surface area (Å²) in [6.07, 6.45) is -8.46. The molecule has 0 spiro atoms. The molecule has 0 saturated carbocycles. The number of amides is 1. The van der Waals surface area contributed by atoms with Crippen LogP contribution in [0.4, 0.5) is 32.0 Å². The molecule has 0 radical (unpaired) electrons. The predicted molar refractivity (Wildman–Crippen MR) is 92.2 cm³/mol. The average molecular weight is 435 g/mol. The van der Waals surface area contributed by atoms with Crippen LogP contribution in [0.15, 0.2) is 48.8 Å². The van der Waals surface area contributed by atoms with E-state index in [1.54, 1.807) is 0 Å². The Morgan fingerprint density at radius 2 is 1.70 bits per heavy atom. The normalized spacial score (nSPS) is 13.8. The number of ether oxygens (including phenoxy) is 1. The van der Waals surface area contributed by atoms with Crippen LogP contribution in [0.1, 0.15) is 22.8 Å². The molecule has 0 aliphatic heterocycles. The van der Waals surface area contributed by atoms with Gasteiger partial charge in [0, 0.05) is 18.1 Å². The Bertz CT molecular complexity index is 902. The SMILES string of the molecule is CCOC(=O)[C@@](NC(=O)c1cccnc1)(Nc1ccccc1C(F)(F)F)C(F)(F)F. The molecule has 1 heterocycles. The predicted octanol–water partition coefficient (Wildman–Crippen LogP) is 3.76. The van der Waals surface area contributed by atoms with Crippen molar-refractivity contribution < 1.29 is 40.7 Å². The number of anilines is 1. The summed E-state index contributed by atoms with van der Waals surface area (Å²) >= 11 is 0. The standard InChI is InChI=1S/C18H15F6N3O3/c1-2-30-15(29)16(18(22,23)24,27-14(28)11-6-5-9-25-10-11)26-13-8-4-3-7-12(13)17(19,20)21/h3-10,26H,2H2,1H3,(H,27,28)/t16-/m0/s1. The summed E-state index contributed by atoms with van der Waals surface area (Å²) < 4.78 is 86.4. The first-order valence-corrected chi connectivity index (χ1v) is 8.33. The number of aromatic nitrogens is 1. The van der Waals surface area contributed by atoms with Crippen LogP contribution in [-0.2, 0) is 15.7 Å². The fourth-order valence-electron chi connectivity index (χ4n) is 2.41. The van der Waals surface area contributed by atoms with Gasteiger partial charge in [-0.1, -0.05) is 12.1 Å². The van der Waals surface area contributed by atoms with Gasteiger partial charge in [-0.05, 0) is 31.2 Å². The number of alkyl halides is 6. The molecule has 0 bridgehead atoms. The molecule has 1 aromatic heterocycles. The smallest absolute Gasteiger partial charge is 0.441 e. The third-order valence-corrected chi connectivity index (χ3v) is 3.79. The fraction of sp³-hybridized carbons (Fsp3) is 0.278. The monoisotopic (exact) mass is 435 g/mol. The summed E-state index contributed by atoms with van der Waals surface area (Å²) in [4.78, 5) is 28.3. The lowest BCUT2D eigenvalue weighted by atomic mass is 10.1.